The molecule has 1 aromatic heterocycles. The molecule has 2 nitrogen and oxygen atoms in total. The predicted octanol–water partition coefficient (Wildman–Crippen LogP) is 4.01. The number of hydrogen-bond donors (Lipinski definition) is 2. The van der Waals surface area contributed by atoms with Crippen LogP contribution in [0.5, 0.6) is 0 Å². The second kappa shape index (κ2) is 4.20. The molecule has 0 atom stereocenters. The fourth-order valence-electron chi connectivity index (χ4n) is 2.09. The molecule has 4 N–H and O–H groups in total. The molecule has 0 radical (unpaired) electrons. The molecule has 0 aliphatic rings. The summed E-state index contributed by atoms with van der Waals surface area (Å²) in [7, 11) is 0. The fraction of sp³-hybridized carbons (Fsp3) is 0. The summed E-state index contributed by atoms with van der Waals surface area (Å²) in [6, 6.07) is 9.36. The first-order valence-corrected chi connectivity index (χ1v) is 6.41. The van der Waals surface area contributed by atoms with E-state index in [9.17, 15) is 8.78 Å². The Morgan fingerprint density at radius 2 is 1.74 bits per heavy atom. The van der Waals surface area contributed by atoms with Gasteiger partial charge in [0.2, 0.25) is 0 Å². The average molecular weight is 276 g/mol. The SMILES string of the molecule is Nc1sc2cccc(-c3ccc(F)c(F)c3)c2c1N. The molecule has 19 heavy (non-hydrogen) atoms. The Kier molecular flexibility index (Phi) is 2.64. The summed E-state index contributed by atoms with van der Waals surface area (Å²) in [5.74, 6) is -1.75. The van der Waals surface area contributed by atoms with E-state index in [0.717, 1.165) is 27.8 Å². The monoisotopic (exact) mass is 276 g/mol. The lowest BCUT2D eigenvalue weighted by Gasteiger charge is -2.05. The highest BCUT2D eigenvalue weighted by molar-refractivity contribution is 7.23. The summed E-state index contributed by atoms with van der Waals surface area (Å²) < 4.78 is 27.3. The molecule has 0 aliphatic heterocycles. The van der Waals surface area contributed by atoms with E-state index in [1.165, 1.54) is 17.4 Å². The van der Waals surface area contributed by atoms with Crippen LogP contribution in [0.3, 0.4) is 0 Å². The maximum Gasteiger partial charge on any atom is 0.159 e. The summed E-state index contributed by atoms with van der Waals surface area (Å²) in [6.07, 6.45) is 0. The summed E-state index contributed by atoms with van der Waals surface area (Å²) in [6.45, 7) is 0. The first-order valence-electron chi connectivity index (χ1n) is 5.60. The molecule has 1 heterocycles. The van der Waals surface area contributed by atoms with Crippen molar-refractivity contribution in [3.05, 3.63) is 48.0 Å². The Labute approximate surface area is 112 Å². The highest BCUT2D eigenvalue weighted by Gasteiger charge is 2.13. The number of hydrogen-bond acceptors (Lipinski definition) is 3. The Hall–Kier alpha value is -2.14. The van der Waals surface area contributed by atoms with E-state index >= 15 is 0 Å². The maximum absolute atomic E-state index is 13.3. The van der Waals surface area contributed by atoms with Gasteiger partial charge in [-0.05, 0) is 29.3 Å². The number of halogens is 2. The Morgan fingerprint density at radius 1 is 0.947 bits per heavy atom. The molecule has 2 aromatic carbocycles. The third-order valence-electron chi connectivity index (χ3n) is 3.01. The quantitative estimate of drug-likeness (QED) is 0.705. The first kappa shape index (κ1) is 11.9. The number of thiophene rings is 1. The second-order valence-electron chi connectivity index (χ2n) is 4.19. The van der Waals surface area contributed by atoms with Crippen LogP contribution in [0.1, 0.15) is 0 Å². The van der Waals surface area contributed by atoms with Crippen LogP contribution in [-0.2, 0) is 0 Å². The Morgan fingerprint density at radius 3 is 2.47 bits per heavy atom. The number of nitrogens with two attached hydrogens (primary N) is 2. The van der Waals surface area contributed by atoms with Crippen LogP contribution >= 0.6 is 11.3 Å². The number of anilines is 2. The largest absolute Gasteiger partial charge is 0.396 e. The molecule has 0 saturated carbocycles. The number of rotatable bonds is 1. The Bertz CT molecular complexity index is 780. The van der Waals surface area contributed by atoms with Crippen LogP contribution in [0, 0.1) is 11.6 Å². The van der Waals surface area contributed by atoms with E-state index in [-0.39, 0.29) is 0 Å². The summed E-state index contributed by atoms with van der Waals surface area (Å²) >= 11 is 1.38. The number of benzene rings is 2. The Balaban J connectivity index is 2.33. The van der Waals surface area contributed by atoms with Crippen LogP contribution < -0.4 is 11.5 Å². The second-order valence-corrected chi connectivity index (χ2v) is 5.27. The molecule has 0 amide bonds. The highest BCUT2D eigenvalue weighted by Crippen LogP contribution is 2.41. The minimum atomic E-state index is -0.878. The van der Waals surface area contributed by atoms with E-state index in [0.29, 0.717) is 16.3 Å². The van der Waals surface area contributed by atoms with Gasteiger partial charge in [0, 0.05) is 10.1 Å². The van der Waals surface area contributed by atoms with Gasteiger partial charge in [0.25, 0.3) is 0 Å². The third-order valence-corrected chi connectivity index (χ3v) is 4.01. The maximum atomic E-state index is 13.3. The van der Waals surface area contributed by atoms with Gasteiger partial charge in [-0.2, -0.15) is 0 Å². The van der Waals surface area contributed by atoms with Crippen LogP contribution in [0.2, 0.25) is 0 Å². The molecule has 96 valence electrons. The van der Waals surface area contributed by atoms with Crippen LogP contribution in [0.4, 0.5) is 19.5 Å². The van der Waals surface area contributed by atoms with E-state index in [1.807, 2.05) is 18.2 Å². The summed E-state index contributed by atoms with van der Waals surface area (Å²) in [5.41, 5.74) is 13.6. The smallest absolute Gasteiger partial charge is 0.159 e. The van der Waals surface area contributed by atoms with Crippen LogP contribution in [-0.4, -0.2) is 0 Å². The molecule has 0 bridgehead atoms. The van der Waals surface area contributed by atoms with Crippen molar-refractivity contribution in [2.45, 2.75) is 0 Å². The van der Waals surface area contributed by atoms with E-state index in [4.69, 9.17) is 11.5 Å². The van der Waals surface area contributed by atoms with Crippen molar-refractivity contribution >= 4 is 32.1 Å². The number of fused-ring (bicyclic) bond motifs is 1. The number of nitrogen functional groups attached to an aromatic ring is 2. The van der Waals surface area contributed by atoms with Crippen molar-refractivity contribution in [2.75, 3.05) is 11.5 Å². The van der Waals surface area contributed by atoms with Crippen molar-refractivity contribution < 1.29 is 8.78 Å². The molecule has 0 fully saturated rings. The van der Waals surface area contributed by atoms with Crippen molar-refractivity contribution in [3.8, 4) is 11.1 Å². The molecule has 0 saturated heterocycles. The third kappa shape index (κ3) is 1.82. The normalized spacial score (nSPS) is 11.1. The van der Waals surface area contributed by atoms with Gasteiger partial charge in [0.15, 0.2) is 11.6 Å². The van der Waals surface area contributed by atoms with Gasteiger partial charge in [-0.15, -0.1) is 11.3 Å². The molecular weight excluding hydrogens is 266 g/mol. The molecule has 5 heteroatoms. The van der Waals surface area contributed by atoms with Crippen molar-refractivity contribution in [3.63, 3.8) is 0 Å². The van der Waals surface area contributed by atoms with Crippen LogP contribution in [0.25, 0.3) is 21.2 Å². The fourth-order valence-corrected chi connectivity index (χ4v) is 3.01. The molecule has 3 rings (SSSR count). The lowest BCUT2D eigenvalue weighted by atomic mass is 10.0. The zero-order chi connectivity index (χ0) is 13.6. The van der Waals surface area contributed by atoms with Gasteiger partial charge in [0.1, 0.15) is 5.00 Å². The molecule has 3 aromatic rings. The van der Waals surface area contributed by atoms with Gasteiger partial charge in [-0.3, -0.25) is 0 Å². The van der Waals surface area contributed by atoms with Gasteiger partial charge >= 0.3 is 0 Å². The van der Waals surface area contributed by atoms with Gasteiger partial charge < -0.3 is 11.5 Å². The minimum Gasteiger partial charge on any atom is -0.396 e. The standard InChI is InChI=1S/C14H10F2N2S/c15-9-5-4-7(6-10(9)16)8-2-1-3-11-12(8)13(17)14(18)19-11/h1-6H,17-18H2. The summed E-state index contributed by atoms with van der Waals surface area (Å²) in [5, 5.41) is 1.32. The van der Waals surface area contributed by atoms with Gasteiger partial charge in [-0.25, -0.2) is 8.78 Å². The zero-order valence-electron chi connectivity index (χ0n) is 9.78. The van der Waals surface area contributed by atoms with E-state index in [2.05, 4.69) is 0 Å². The lowest BCUT2D eigenvalue weighted by molar-refractivity contribution is 0.509. The molecular formula is C14H10F2N2S. The molecule has 0 unspecified atom stereocenters. The van der Waals surface area contributed by atoms with E-state index < -0.39 is 11.6 Å². The topological polar surface area (TPSA) is 52.0 Å². The molecule has 0 spiro atoms. The average Bonchev–Trinajstić information content (AvgIpc) is 2.69. The summed E-state index contributed by atoms with van der Waals surface area (Å²) in [4.78, 5) is 0. The van der Waals surface area contributed by atoms with Crippen molar-refractivity contribution in [1.82, 2.24) is 0 Å². The van der Waals surface area contributed by atoms with Crippen molar-refractivity contribution in [1.29, 1.82) is 0 Å². The predicted molar refractivity (Wildman–Crippen MR) is 76.0 cm³/mol. The van der Waals surface area contributed by atoms with Gasteiger partial charge in [-0.1, -0.05) is 18.2 Å². The molecule has 0 aliphatic carbocycles. The van der Waals surface area contributed by atoms with Crippen molar-refractivity contribution in [2.24, 2.45) is 0 Å². The van der Waals surface area contributed by atoms with Gasteiger partial charge in [0.05, 0.1) is 5.69 Å². The first-order chi connectivity index (χ1) is 9.08. The lowest BCUT2D eigenvalue weighted by Crippen LogP contribution is -1.91. The van der Waals surface area contributed by atoms with Crippen LogP contribution in [0.15, 0.2) is 36.4 Å². The highest BCUT2D eigenvalue weighted by atomic mass is 32.1. The van der Waals surface area contributed by atoms with E-state index in [1.54, 1.807) is 0 Å². The minimum absolute atomic E-state index is 0.486. The zero-order valence-corrected chi connectivity index (χ0v) is 10.6.